The first-order valence-electron chi connectivity index (χ1n) is 9.09. The van der Waals surface area contributed by atoms with Crippen LogP contribution in [0.15, 0.2) is 71.6 Å². The van der Waals surface area contributed by atoms with Crippen molar-refractivity contribution in [3.8, 4) is 5.75 Å². The summed E-state index contributed by atoms with van der Waals surface area (Å²) in [5, 5.41) is 3.00. The van der Waals surface area contributed by atoms with E-state index in [-0.39, 0.29) is 33.2 Å². The zero-order valence-electron chi connectivity index (χ0n) is 16.7. The van der Waals surface area contributed by atoms with Gasteiger partial charge in [0.05, 0.1) is 12.8 Å². The van der Waals surface area contributed by atoms with E-state index in [1.54, 1.807) is 36.4 Å². The van der Waals surface area contributed by atoms with Crippen LogP contribution < -0.4 is 14.8 Å². The van der Waals surface area contributed by atoms with Crippen LogP contribution in [0, 0.1) is 0 Å². The first-order valence-corrected chi connectivity index (χ1v) is 10.9. The second-order valence-electron chi connectivity index (χ2n) is 6.41. The van der Waals surface area contributed by atoms with E-state index < -0.39 is 15.9 Å². The summed E-state index contributed by atoms with van der Waals surface area (Å²) in [6.07, 6.45) is 0. The molecule has 31 heavy (non-hydrogen) atoms. The molecule has 0 heterocycles. The summed E-state index contributed by atoms with van der Waals surface area (Å²) >= 11 is 6.07. The number of nitrogens with one attached hydrogen (secondary N) is 2. The van der Waals surface area contributed by atoms with Crippen molar-refractivity contribution >= 4 is 39.0 Å². The van der Waals surface area contributed by atoms with Gasteiger partial charge in [0.1, 0.15) is 10.6 Å². The van der Waals surface area contributed by atoms with Crippen LogP contribution in [0.25, 0.3) is 0 Å². The third-order valence-electron chi connectivity index (χ3n) is 4.49. The lowest BCUT2D eigenvalue weighted by Crippen LogP contribution is -2.21. The number of benzene rings is 3. The number of sulfonamides is 1. The number of ketones is 1. The van der Waals surface area contributed by atoms with E-state index in [0.29, 0.717) is 10.6 Å². The molecule has 9 heteroatoms. The zero-order chi connectivity index (χ0) is 22.6. The van der Waals surface area contributed by atoms with Gasteiger partial charge in [-0.1, -0.05) is 41.9 Å². The summed E-state index contributed by atoms with van der Waals surface area (Å²) in [5.74, 6) is -0.816. The summed E-state index contributed by atoms with van der Waals surface area (Å²) < 4.78 is 31.8. The molecule has 0 bridgehead atoms. The standard InChI is InChI=1S/C22H19ClN2O5S/c1-24-31(28,29)20-12-15(8-11-19(20)30-2)22(27)25-18-10-9-16(23)13-17(18)21(26)14-6-4-3-5-7-14/h3-13,24H,1-2H3,(H,25,27). The molecule has 0 saturated carbocycles. The van der Waals surface area contributed by atoms with E-state index in [9.17, 15) is 18.0 Å². The number of rotatable bonds is 7. The summed E-state index contributed by atoms with van der Waals surface area (Å²) in [6, 6.07) is 17.1. The van der Waals surface area contributed by atoms with Crippen LogP contribution in [-0.2, 0) is 10.0 Å². The van der Waals surface area contributed by atoms with Gasteiger partial charge in [-0.25, -0.2) is 13.1 Å². The number of hydrogen-bond donors (Lipinski definition) is 2. The topological polar surface area (TPSA) is 102 Å². The predicted molar refractivity (Wildman–Crippen MR) is 119 cm³/mol. The monoisotopic (exact) mass is 458 g/mol. The number of anilines is 1. The minimum atomic E-state index is -3.86. The molecule has 0 atom stereocenters. The van der Waals surface area contributed by atoms with E-state index in [0.717, 1.165) is 0 Å². The van der Waals surface area contributed by atoms with Crippen molar-refractivity contribution in [3.63, 3.8) is 0 Å². The quantitative estimate of drug-likeness (QED) is 0.525. The number of methoxy groups -OCH3 is 1. The molecule has 3 aromatic carbocycles. The summed E-state index contributed by atoms with van der Waals surface area (Å²) in [7, 11) is -1.27. The van der Waals surface area contributed by atoms with Gasteiger partial charge in [0.15, 0.2) is 5.78 Å². The third-order valence-corrected chi connectivity index (χ3v) is 6.17. The Kier molecular flexibility index (Phi) is 6.74. The number of ether oxygens (including phenoxy) is 1. The molecule has 160 valence electrons. The molecule has 0 aliphatic carbocycles. The Labute approximate surface area is 185 Å². The molecule has 0 unspecified atom stereocenters. The fourth-order valence-electron chi connectivity index (χ4n) is 2.89. The van der Waals surface area contributed by atoms with Gasteiger partial charge in [0.25, 0.3) is 5.91 Å². The van der Waals surface area contributed by atoms with Gasteiger partial charge in [0.2, 0.25) is 10.0 Å². The Morgan fingerprint density at radius 1 is 0.935 bits per heavy atom. The first kappa shape index (κ1) is 22.5. The largest absolute Gasteiger partial charge is 0.495 e. The van der Waals surface area contributed by atoms with Gasteiger partial charge in [-0.2, -0.15) is 0 Å². The highest BCUT2D eigenvalue weighted by molar-refractivity contribution is 7.89. The van der Waals surface area contributed by atoms with E-state index in [1.165, 1.54) is 44.5 Å². The van der Waals surface area contributed by atoms with E-state index in [4.69, 9.17) is 16.3 Å². The van der Waals surface area contributed by atoms with Crippen LogP contribution in [0.3, 0.4) is 0 Å². The average molecular weight is 459 g/mol. The molecule has 2 N–H and O–H groups in total. The maximum absolute atomic E-state index is 12.9. The lowest BCUT2D eigenvalue weighted by atomic mass is 10.0. The van der Waals surface area contributed by atoms with Crippen LogP contribution in [0.5, 0.6) is 5.75 Å². The predicted octanol–water partition coefficient (Wildman–Crippen LogP) is 3.74. The molecular weight excluding hydrogens is 440 g/mol. The third kappa shape index (κ3) is 4.93. The number of amides is 1. The Morgan fingerprint density at radius 3 is 2.29 bits per heavy atom. The minimum Gasteiger partial charge on any atom is -0.495 e. The summed E-state index contributed by atoms with van der Waals surface area (Å²) in [6.45, 7) is 0. The lowest BCUT2D eigenvalue weighted by molar-refractivity contribution is 0.102. The molecular formula is C22H19ClN2O5S. The highest BCUT2D eigenvalue weighted by atomic mass is 35.5. The van der Waals surface area contributed by atoms with Crippen LogP contribution in [0.1, 0.15) is 26.3 Å². The number of hydrogen-bond acceptors (Lipinski definition) is 5. The van der Waals surface area contributed by atoms with Gasteiger partial charge < -0.3 is 10.1 Å². The second kappa shape index (κ2) is 9.30. The first-order chi connectivity index (χ1) is 14.8. The highest BCUT2D eigenvalue weighted by Crippen LogP contribution is 2.27. The SMILES string of the molecule is CNS(=O)(=O)c1cc(C(=O)Nc2ccc(Cl)cc2C(=O)c2ccccc2)ccc1OC. The van der Waals surface area contributed by atoms with Crippen molar-refractivity contribution in [1.82, 2.24) is 4.72 Å². The summed E-state index contributed by atoms with van der Waals surface area (Å²) in [4.78, 5) is 25.6. The molecule has 0 saturated heterocycles. The van der Waals surface area contributed by atoms with Gasteiger partial charge in [-0.15, -0.1) is 0 Å². The molecule has 1 amide bonds. The van der Waals surface area contributed by atoms with Crippen LogP contribution in [-0.4, -0.2) is 34.3 Å². The molecule has 0 spiro atoms. The van der Waals surface area contributed by atoms with Crippen molar-refractivity contribution < 1.29 is 22.7 Å². The van der Waals surface area contributed by atoms with Crippen molar-refractivity contribution in [2.24, 2.45) is 0 Å². The molecule has 7 nitrogen and oxygen atoms in total. The Bertz CT molecular complexity index is 1240. The Morgan fingerprint density at radius 2 is 1.65 bits per heavy atom. The smallest absolute Gasteiger partial charge is 0.255 e. The zero-order valence-corrected chi connectivity index (χ0v) is 18.3. The fraction of sp³-hybridized carbons (Fsp3) is 0.0909. The molecule has 3 rings (SSSR count). The number of carbonyl (C=O) groups is 2. The maximum atomic E-state index is 12.9. The second-order valence-corrected chi connectivity index (χ2v) is 8.70. The normalized spacial score (nSPS) is 11.1. The molecule has 0 aromatic heterocycles. The van der Waals surface area contributed by atoms with Gasteiger partial charge in [0, 0.05) is 21.7 Å². The average Bonchev–Trinajstić information content (AvgIpc) is 2.79. The molecule has 0 radical (unpaired) electrons. The number of halogens is 1. The van der Waals surface area contributed by atoms with Gasteiger partial charge in [-0.05, 0) is 43.4 Å². The Balaban J connectivity index is 1.98. The molecule has 3 aromatic rings. The fourth-order valence-corrected chi connectivity index (χ4v) is 3.98. The van der Waals surface area contributed by atoms with Crippen LogP contribution in [0.2, 0.25) is 5.02 Å². The van der Waals surface area contributed by atoms with Crippen molar-refractivity contribution in [1.29, 1.82) is 0 Å². The Hall–Kier alpha value is -3.20. The van der Waals surface area contributed by atoms with E-state index in [1.807, 2.05) is 0 Å². The molecule has 0 aliphatic rings. The van der Waals surface area contributed by atoms with Gasteiger partial charge in [-0.3, -0.25) is 9.59 Å². The molecule has 0 aliphatic heterocycles. The summed E-state index contributed by atoms with van der Waals surface area (Å²) in [5.41, 5.74) is 0.968. The van der Waals surface area contributed by atoms with Crippen LogP contribution >= 0.6 is 11.6 Å². The maximum Gasteiger partial charge on any atom is 0.255 e. The van der Waals surface area contributed by atoms with Crippen molar-refractivity contribution in [3.05, 3.63) is 88.4 Å². The van der Waals surface area contributed by atoms with Crippen LogP contribution in [0.4, 0.5) is 5.69 Å². The number of carbonyl (C=O) groups excluding carboxylic acids is 2. The van der Waals surface area contributed by atoms with Crippen molar-refractivity contribution in [2.45, 2.75) is 4.90 Å². The van der Waals surface area contributed by atoms with E-state index >= 15 is 0 Å². The highest BCUT2D eigenvalue weighted by Gasteiger charge is 2.21. The molecule has 0 fully saturated rings. The minimum absolute atomic E-state index is 0.0719. The van der Waals surface area contributed by atoms with E-state index in [2.05, 4.69) is 10.0 Å². The lowest BCUT2D eigenvalue weighted by Gasteiger charge is -2.13. The van der Waals surface area contributed by atoms with Crippen molar-refractivity contribution in [2.75, 3.05) is 19.5 Å². The van der Waals surface area contributed by atoms with Gasteiger partial charge >= 0.3 is 0 Å².